The monoisotopic (exact) mass is 361 g/mol. The lowest BCUT2D eigenvalue weighted by Gasteiger charge is -2.44. The van der Waals surface area contributed by atoms with Crippen molar-refractivity contribution in [3.05, 3.63) is 59.0 Å². The maximum absolute atomic E-state index is 12.4. The second kappa shape index (κ2) is 8.48. The Hall–Kier alpha value is -2.87. The number of ether oxygens (including phenoxy) is 3. The smallest absolute Gasteiger partial charge is 0.338 e. The highest BCUT2D eigenvalue weighted by molar-refractivity contribution is 5.89. The van der Waals surface area contributed by atoms with E-state index in [9.17, 15) is 14.7 Å². The summed E-state index contributed by atoms with van der Waals surface area (Å²) in [6, 6.07) is 7.12. The van der Waals surface area contributed by atoms with Crippen molar-refractivity contribution in [2.24, 2.45) is 5.11 Å². The lowest BCUT2D eigenvalue weighted by molar-refractivity contribution is -0.301. The number of aliphatic hydroxyl groups is 1. The molecule has 1 aromatic rings. The number of esters is 2. The molecule has 1 aliphatic heterocycles. The topological polar surface area (TPSA) is 131 Å². The van der Waals surface area contributed by atoms with Gasteiger partial charge in [0.15, 0.2) is 12.2 Å². The molecule has 4 atom stereocenters. The molecule has 9 heteroatoms. The molecule has 1 aliphatic rings. The minimum atomic E-state index is -1.98. The molecule has 0 amide bonds. The summed E-state index contributed by atoms with van der Waals surface area (Å²) in [6.07, 6.45) is -1.35. The quantitative estimate of drug-likeness (QED) is 0.271. The zero-order valence-electron chi connectivity index (χ0n) is 14.1. The molecule has 1 fully saturated rings. The minimum Gasteiger partial charge on any atom is -0.458 e. The molecule has 0 aliphatic carbocycles. The van der Waals surface area contributed by atoms with E-state index in [1.807, 2.05) is 0 Å². The van der Waals surface area contributed by atoms with Crippen molar-refractivity contribution in [2.75, 3.05) is 6.61 Å². The van der Waals surface area contributed by atoms with E-state index < -0.39 is 36.0 Å². The number of hydrogen-bond donors (Lipinski definition) is 1. The van der Waals surface area contributed by atoms with Crippen LogP contribution in [0, 0.1) is 0 Å². The van der Waals surface area contributed by atoms with Crippen molar-refractivity contribution in [3.8, 4) is 0 Å². The van der Waals surface area contributed by atoms with Crippen LogP contribution in [0.2, 0.25) is 0 Å². The third-order valence-electron chi connectivity index (χ3n) is 3.81. The first-order chi connectivity index (χ1) is 12.4. The SMILES string of the molecule is C=CCC1(O)OC[C@H](N=[N+]=[N-])[C@H](OC(C)=O)[C@@H]1OC(=O)c1ccccc1. The highest BCUT2D eigenvalue weighted by Gasteiger charge is 2.53. The van der Waals surface area contributed by atoms with Gasteiger partial charge in [-0.25, -0.2) is 4.79 Å². The summed E-state index contributed by atoms with van der Waals surface area (Å²) in [4.78, 5) is 26.6. The van der Waals surface area contributed by atoms with Gasteiger partial charge in [-0.3, -0.25) is 4.79 Å². The van der Waals surface area contributed by atoms with Gasteiger partial charge >= 0.3 is 11.9 Å². The molecular weight excluding hydrogens is 342 g/mol. The van der Waals surface area contributed by atoms with Crippen molar-refractivity contribution in [3.63, 3.8) is 0 Å². The summed E-state index contributed by atoms with van der Waals surface area (Å²) in [5, 5.41) is 14.3. The first-order valence-electron chi connectivity index (χ1n) is 7.86. The van der Waals surface area contributed by atoms with E-state index in [1.165, 1.54) is 18.2 Å². The molecule has 2 rings (SSSR count). The van der Waals surface area contributed by atoms with Gasteiger partial charge in [-0.2, -0.15) is 0 Å². The van der Waals surface area contributed by atoms with Crippen molar-refractivity contribution in [2.45, 2.75) is 37.4 Å². The molecule has 9 nitrogen and oxygen atoms in total. The summed E-state index contributed by atoms with van der Waals surface area (Å²) in [5.74, 6) is -3.41. The first-order valence-corrected chi connectivity index (χ1v) is 7.86. The average Bonchev–Trinajstić information content (AvgIpc) is 2.61. The standard InChI is InChI=1S/C17H19N3O6/c1-3-9-17(23)15(26-16(22)12-7-5-4-6-8-12)14(25-11(2)21)13(10-24-17)19-20-18/h3-8,13-15,23H,1,9-10H2,2H3/t13-,14-,15-,17?/m0/s1. The van der Waals surface area contributed by atoms with E-state index in [1.54, 1.807) is 18.2 Å². The fraction of sp³-hybridized carbons (Fsp3) is 0.412. The normalized spacial score (nSPS) is 27.7. The Morgan fingerprint density at radius 2 is 2.15 bits per heavy atom. The van der Waals surface area contributed by atoms with E-state index in [4.69, 9.17) is 19.7 Å². The Labute approximate surface area is 149 Å². The fourth-order valence-electron chi connectivity index (χ4n) is 2.66. The summed E-state index contributed by atoms with van der Waals surface area (Å²) in [7, 11) is 0. The Kier molecular flexibility index (Phi) is 6.35. The number of rotatable bonds is 6. The second-order valence-corrected chi connectivity index (χ2v) is 5.69. The van der Waals surface area contributed by atoms with Gasteiger partial charge < -0.3 is 19.3 Å². The molecule has 1 N–H and O–H groups in total. The van der Waals surface area contributed by atoms with Crippen LogP contribution in [-0.2, 0) is 19.0 Å². The maximum atomic E-state index is 12.4. The molecule has 138 valence electrons. The molecular formula is C17H19N3O6. The van der Waals surface area contributed by atoms with Gasteiger partial charge in [-0.15, -0.1) is 6.58 Å². The van der Waals surface area contributed by atoms with Crippen molar-refractivity contribution < 1.29 is 28.9 Å². The van der Waals surface area contributed by atoms with Crippen molar-refractivity contribution >= 4 is 11.9 Å². The van der Waals surface area contributed by atoms with Crippen molar-refractivity contribution in [1.29, 1.82) is 0 Å². The molecule has 1 saturated heterocycles. The van der Waals surface area contributed by atoms with Gasteiger partial charge in [0.1, 0.15) is 6.04 Å². The summed E-state index contributed by atoms with van der Waals surface area (Å²) in [6.45, 7) is 4.48. The zero-order chi connectivity index (χ0) is 19.2. The highest BCUT2D eigenvalue weighted by atomic mass is 16.7. The van der Waals surface area contributed by atoms with Gasteiger partial charge in [0.25, 0.3) is 0 Å². The summed E-state index contributed by atoms with van der Waals surface area (Å²) < 4.78 is 16.0. The predicted octanol–water partition coefficient (Wildman–Crippen LogP) is 2.12. The van der Waals surface area contributed by atoms with Gasteiger partial charge in [0, 0.05) is 18.3 Å². The molecule has 0 aromatic heterocycles. The van der Waals surface area contributed by atoms with Crippen LogP contribution in [-0.4, -0.2) is 47.7 Å². The largest absolute Gasteiger partial charge is 0.458 e. The van der Waals surface area contributed by atoms with E-state index in [2.05, 4.69) is 16.6 Å². The lowest BCUT2D eigenvalue weighted by Crippen LogP contribution is -2.62. The third kappa shape index (κ3) is 4.40. The first kappa shape index (κ1) is 19.5. The molecule has 1 heterocycles. The Bertz CT molecular complexity index is 718. The summed E-state index contributed by atoms with van der Waals surface area (Å²) >= 11 is 0. The number of benzene rings is 1. The van der Waals surface area contributed by atoms with Gasteiger partial charge in [0.2, 0.25) is 5.79 Å². The molecule has 0 spiro atoms. The minimum absolute atomic E-state index is 0.0967. The molecule has 1 unspecified atom stereocenters. The van der Waals surface area contributed by atoms with Crippen LogP contribution in [0.25, 0.3) is 10.4 Å². The fourth-order valence-corrected chi connectivity index (χ4v) is 2.66. The number of carbonyl (C=O) groups excluding carboxylic acids is 2. The predicted molar refractivity (Wildman–Crippen MR) is 89.8 cm³/mol. The van der Waals surface area contributed by atoms with Gasteiger partial charge in [-0.05, 0) is 17.7 Å². The van der Waals surface area contributed by atoms with Crippen LogP contribution in [0.15, 0.2) is 48.1 Å². The van der Waals surface area contributed by atoms with E-state index in [0.717, 1.165) is 6.92 Å². The third-order valence-corrected chi connectivity index (χ3v) is 3.81. The summed E-state index contributed by atoms with van der Waals surface area (Å²) in [5.41, 5.74) is 8.96. The Morgan fingerprint density at radius 1 is 1.46 bits per heavy atom. The van der Waals surface area contributed by atoms with Gasteiger partial charge in [0.05, 0.1) is 12.2 Å². The van der Waals surface area contributed by atoms with Gasteiger partial charge in [-0.1, -0.05) is 29.4 Å². The van der Waals surface area contributed by atoms with Crippen LogP contribution in [0.4, 0.5) is 0 Å². The molecule has 0 bridgehead atoms. The number of azide groups is 1. The average molecular weight is 361 g/mol. The highest BCUT2D eigenvalue weighted by Crippen LogP contribution is 2.33. The maximum Gasteiger partial charge on any atom is 0.338 e. The van der Waals surface area contributed by atoms with Crippen LogP contribution >= 0.6 is 0 Å². The molecule has 1 aromatic carbocycles. The van der Waals surface area contributed by atoms with Crippen LogP contribution in [0.3, 0.4) is 0 Å². The number of hydrogen-bond acceptors (Lipinski definition) is 7. The van der Waals surface area contributed by atoms with E-state index in [-0.39, 0.29) is 18.6 Å². The second-order valence-electron chi connectivity index (χ2n) is 5.69. The zero-order valence-corrected chi connectivity index (χ0v) is 14.1. The van der Waals surface area contributed by atoms with E-state index in [0.29, 0.717) is 0 Å². The molecule has 0 saturated carbocycles. The Balaban J connectivity index is 2.38. The van der Waals surface area contributed by atoms with Crippen molar-refractivity contribution in [1.82, 2.24) is 0 Å². The number of carbonyl (C=O) groups is 2. The van der Waals surface area contributed by atoms with Crippen LogP contribution in [0.5, 0.6) is 0 Å². The van der Waals surface area contributed by atoms with Crippen LogP contribution in [0.1, 0.15) is 23.7 Å². The number of nitrogens with zero attached hydrogens (tertiary/aromatic N) is 3. The van der Waals surface area contributed by atoms with Crippen LogP contribution < -0.4 is 0 Å². The Morgan fingerprint density at radius 3 is 2.73 bits per heavy atom. The lowest BCUT2D eigenvalue weighted by atomic mass is 9.92. The van der Waals surface area contributed by atoms with E-state index >= 15 is 0 Å². The molecule has 0 radical (unpaired) electrons. The molecule has 26 heavy (non-hydrogen) atoms.